The monoisotopic (exact) mass is 330 g/mol. The highest BCUT2D eigenvalue weighted by molar-refractivity contribution is 5.92. The number of unbranched alkanes of at least 4 members (excludes halogenated alkanes) is 1. The molecule has 2 aromatic carbocycles. The van der Waals surface area contributed by atoms with Crippen LogP contribution in [0.1, 0.15) is 33.6 Å². The molecule has 2 rings (SSSR count). The summed E-state index contributed by atoms with van der Waals surface area (Å²) in [5.74, 6) is -1.45. The fourth-order valence-corrected chi connectivity index (χ4v) is 1.98. The molecule has 0 spiro atoms. The number of hydrogen-bond donors (Lipinski definition) is 2. The highest BCUT2D eigenvalue weighted by Gasteiger charge is 2.12. The van der Waals surface area contributed by atoms with Crippen molar-refractivity contribution in [1.82, 2.24) is 0 Å². The summed E-state index contributed by atoms with van der Waals surface area (Å²) < 4.78 is 10.1. The van der Waals surface area contributed by atoms with E-state index in [1.165, 1.54) is 24.3 Å². The molecule has 0 aromatic heterocycles. The van der Waals surface area contributed by atoms with Crippen molar-refractivity contribution in [3.8, 4) is 11.5 Å². The fraction of sp³-hybridized carbons (Fsp3) is 0.222. The van der Waals surface area contributed by atoms with Gasteiger partial charge in [-0.3, -0.25) is 0 Å². The molecule has 126 valence electrons. The molecule has 0 saturated carbocycles. The summed E-state index contributed by atoms with van der Waals surface area (Å²) in [5, 5.41) is 19.1. The Labute approximate surface area is 139 Å². The molecule has 2 N–H and O–H groups in total. The molecule has 2 aromatic rings. The van der Waals surface area contributed by atoms with Crippen molar-refractivity contribution in [3.05, 3.63) is 59.7 Å². The van der Waals surface area contributed by atoms with Gasteiger partial charge < -0.3 is 19.7 Å². The lowest BCUT2D eigenvalue weighted by atomic mass is 10.2. The van der Waals surface area contributed by atoms with Crippen molar-refractivity contribution in [2.24, 2.45) is 0 Å². The molecule has 0 fully saturated rings. The zero-order valence-electron chi connectivity index (χ0n) is 13.0. The minimum absolute atomic E-state index is 0.114. The molecule has 0 amide bonds. The molecule has 0 bridgehead atoms. The van der Waals surface area contributed by atoms with Crippen molar-refractivity contribution in [1.29, 1.82) is 0 Å². The molecule has 0 unspecified atom stereocenters. The molecule has 0 aliphatic rings. The van der Waals surface area contributed by atoms with Gasteiger partial charge in [0.25, 0.3) is 0 Å². The van der Waals surface area contributed by atoms with E-state index in [1.54, 1.807) is 24.3 Å². The van der Waals surface area contributed by atoms with Gasteiger partial charge in [-0.15, -0.1) is 0 Å². The number of ether oxygens (including phenoxy) is 2. The predicted octanol–water partition coefficient (Wildman–Crippen LogP) is 2.89. The molecule has 6 nitrogen and oxygen atoms in total. The zero-order chi connectivity index (χ0) is 17.4. The van der Waals surface area contributed by atoms with Gasteiger partial charge in [-0.2, -0.15) is 0 Å². The maximum absolute atomic E-state index is 11.7. The van der Waals surface area contributed by atoms with Gasteiger partial charge in [0.2, 0.25) is 0 Å². The van der Waals surface area contributed by atoms with Crippen LogP contribution in [0.2, 0.25) is 0 Å². The number of phenolic OH excluding ortho intramolecular Hbond substituents is 2. The van der Waals surface area contributed by atoms with Gasteiger partial charge >= 0.3 is 11.9 Å². The highest BCUT2D eigenvalue weighted by atomic mass is 16.5. The van der Waals surface area contributed by atoms with Crippen LogP contribution in [0.5, 0.6) is 11.5 Å². The third-order valence-electron chi connectivity index (χ3n) is 3.25. The summed E-state index contributed by atoms with van der Waals surface area (Å²) in [6.45, 7) is 0.308. The number of carbonyl (C=O) groups is 2. The summed E-state index contributed by atoms with van der Waals surface area (Å²) >= 11 is 0. The lowest BCUT2D eigenvalue weighted by molar-refractivity contribution is 0.0428. The van der Waals surface area contributed by atoms with Gasteiger partial charge in [0.15, 0.2) is 0 Å². The summed E-state index contributed by atoms with van der Waals surface area (Å²) in [5.41, 5.74) is 0.229. The molecule has 24 heavy (non-hydrogen) atoms. The van der Waals surface area contributed by atoms with Crippen LogP contribution in [0.4, 0.5) is 0 Å². The summed E-state index contributed by atoms with van der Waals surface area (Å²) in [6, 6.07) is 12.3. The molecule has 0 atom stereocenters. The van der Waals surface area contributed by atoms with E-state index in [2.05, 4.69) is 0 Å². The molecular weight excluding hydrogens is 312 g/mol. The Kier molecular flexibility index (Phi) is 6.19. The molecule has 6 heteroatoms. The van der Waals surface area contributed by atoms with E-state index in [9.17, 15) is 19.8 Å². The zero-order valence-corrected chi connectivity index (χ0v) is 13.0. The topological polar surface area (TPSA) is 93.1 Å². The second-order valence-electron chi connectivity index (χ2n) is 5.01. The largest absolute Gasteiger partial charge is 0.507 e. The predicted molar refractivity (Wildman–Crippen MR) is 86.0 cm³/mol. The van der Waals surface area contributed by atoms with Crippen LogP contribution >= 0.6 is 0 Å². The Morgan fingerprint density at radius 1 is 0.708 bits per heavy atom. The van der Waals surface area contributed by atoms with Crippen LogP contribution in [-0.4, -0.2) is 35.4 Å². The van der Waals surface area contributed by atoms with E-state index in [1.807, 2.05) is 0 Å². The normalized spacial score (nSPS) is 10.2. The average molecular weight is 330 g/mol. The number of para-hydroxylation sites is 2. The Bertz CT molecular complexity index is 649. The summed E-state index contributed by atoms with van der Waals surface area (Å²) in [6.07, 6.45) is 1.01. The standard InChI is InChI=1S/C18H18O6/c19-15-9-3-1-7-13(15)17(21)23-11-5-6-12-24-18(22)14-8-2-4-10-16(14)20/h1-4,7-10,19-20H,5-6,11-12H2. The van der Waals surface area contributed by atoms with Gasteiger partial charge in [-0.05, 0) is 37.1 Å². The first-order valence-electron chi connectivity index (χ1n) is 7.50. The van der Waals surface area contributed by atoms with Crippen molar-refractivity contribution in [2.45, 2.75) is 12.8 Å². The molecular formula is C18H18O6. The summed E-state index contributed by atoms with van der Waals surface area (Å²) in [7, 11) is 0. The van der Waals surface area contributed by atoms with Crippen LogP contribution < -0.4 is 0 Å². The Hall–Kier alpha value is -3.02. The smallest absolute Gasteiger partial charge is 0.341 e. The second kappa shape index (κ2) is 8.57. The van der Waals surface area contributed by atoms with Gasteiger partial charge in [0, 0.05) is 0 Å². The minimum atomic E-state index is -0.598. The third kappa shape index (κ3) is 4.74. The lowest BCUT2D eigenvalue weighted by Gasteiger charge is -2.07. The average Bonchev–Trinajstić information content (AvgIpc) is 2.58. The van der Waals surface area contributed by atoms with Crippen LogP contribution in [0.3, 0.4) is 0 Å². The minimum Gasteiger partial charge on any atom is -0.507 e. The van der Waals surface area contributed by atoms with Crippen LogP contribution in [0, 0.1) is 0 Å². The van der Waals surface area contributed by atoms with Crippen molar-refractivity contribution in [2.75, 3.05) is 13.2 Å². The van der Waals surface area contributed by atoms with Crippen molar-refractivity contribution < 1.29 is 29.3 Å². The highest BCUT2D eigenvalue weighted by Crippen LogP contribution is 2.17. The molecule has 0 radical (unpaired) electrons. The number of rotatable bonds is 7. The van der Waals surface area contributed by atoms with Crippen LogP contribution in [-0.2, 0) is 9.47 Å². The van der Waals surface area contributed by atoms with Gasteiger partial charge in [0.05, 0.1) is 13.2 Å². The first-order chi connectivity index (χ1) is 11.6. The van der Waals surface area contributed by atoms with Crippen LogP contribution in [0.25, 0.3) is 0 Å². The molecule has 0 aliphatic carbocycles. The van der Waals surface area contributed by atoms with E-state index in [0.29, 0.717) is 12.8 Å². The van der Waals surface area contributed by atoms with Crippen LogP contribution in [0.15, 0.2) is 48.5 Å². The van der Waals surface area contributed by atoms with Gasteiger partial charge in [-0.1, -0.05) is 24.3 Å². The number of esters is 2. The van der Waals surface area contributed by atoms with Gasteiger partial charge in [-0.25, -0.2) is 9.59 Å². The molecule has 0 aliphatic heterocycles. The molecule has 0 heterocycles. The maximum atomic E-state index is 11.7. The quantitative estimate of drug-likeness (QED) is 0.599. The maximum Gasteiger partial charge on any atom is 0.341 e. The van der Waals surface area contributed by atoms with E-state index < -0.39 is 11.9 Å². The van der Waals surface area contributed by atoms with E-state index in [4.69, 9.17) is 9.47 Å². The lowest BCUT2D eigenvalue weighted by Crippen LogP contribution is -2.09. The van der Waals surface area contributed by atoms with Gasteiger partial charge in [0.1, 0.15) is 22.6 Å². The first-order valence-corrected chi connectivity index (χ1v) is 7.50. The second-order valence-corrected chi connectivity index (χ2v) is 5.01. The number of aromatic hydroxyl groups is 2. The third-order valence-corrected chi connectivity index (χ3v) is 3.25. The number of carbonyl (C=O) groups excluding carboxylic acids is 2. The molecule has 0 saturated heterocycles. The Balaban J connectivity index is 1.65. The summed E-state index contributed by atoms with van der Waals surface area (Å²) in [4.78, 5) is 23.5. The number of hydrogen-bond acceptors (Lipinski definition) is 6. The number of phenols is 2. The fourth-order valence-electron chi connectivity index (χ4n) is 1.98. The van der Waals surface area contributed by atoms with Crippen molar-refractivity contribution in [3.63, 3.8) is 0 Å². The van der Waals surface area contributed by atoms with E-state index >= 15 is 0 Å². The first kappa shape index (κ1) is 17.3. The Morgan fingerprint density at radius 2 is 1.08 bits per heavy atom. The number of benzene rings is 2. The Morgan fingerprint density at radius 3 is 1.46 bits per heavy atom. The SMILES string of the molecule is O=C(OCCCCOC(=O)c1ccccc1O)c1ccccc1O. The van der Waals surface area contributed by atoms with E-state index in [0.717, 1.165) is 0 Å². The van der Waals surface area contributed by atoms with Crippen molar-refractivity contribution >= 4 is 11.9 Å². The van der Waals surface area contributed by atoms with E-state index in [-0.39, 0.29) is 35.8 Å².